The summed E-state index contributed by atoms with van der Waals surface area (Å²) in [4.78, 5) is 10.2. The van der Waals surface area contributed by atoms with E-state index in [2.05, 4.69) is 13.2 Å². The van der Waals surface area contributed by atoms with Crippen LogP contribution in [0.3, 0.4) is 0 Å². The van der Waals surface area contributed by atoms with Gasteiger partial charge < -0.3 is 10.8 Å². The summed E-state index contributed by atoms with van der Waals surface area (Å²) < 4.78 is 0. The van der Waals surface area contributed by atoms with E-state index in [9.17, 15) is 4.79 Å². The summed E-state index contributed by atoms with van der Waals surface area (Å²) >= 11 is 0. The molecule has 0 amide bonds. The van der Waals surface area contributed by atoms with Crippen molar-refractivity contribution in [3.63, 3.8) is 0 Å². The van der Waals surface area contributed by atoms with Gasteiger partial charge in [-0.1, -0.05) is 24.8 Å². The lowest BCUT2D eigenvalue weighted by Gasteiger charge is -2.04. The van der Waals surface area contributed by atoms with Crippen molar-refractivity contribution in [1.29, 1.82) is 0 Å². The Kier molecular flexibility index (Phi) is 3.43. The molecule has 0 heterocycles. The number of nitrogens with two attached hydrogens (primary N) is 1. The Morgan fingerprint density at radius 2 is 2.30 bits per heavy atom. The minimum atomic E-state index is -1.01. The molecule has 3 nitrogen and oxygen atoms in total. The van der Waals surface area contributed by atoms with Crippen molar-refractivity contribution < 1.29 is 9.90 Å². The van der Waals surface area contributed by atoms with Gasteiger partial charge in [-0.15, -0.1) is 0 Å². The monoisotopic (exact) mass is 141 g/mol. The van der Waals surface area contributed by atoms with Gasteiger partial charge in [-0.05, 0) is 6.42 Å². The maximum atomic E-state index is 10.2. The molecule has 3 N–H and O–H groups in total. The van der Waals surface area contributed by atoms with E-state index in [1.54, 1.807) is 0 Å². The molecule has 56 valence electrons. The lowest BCUT2D eigenvalue weighted by molar-refractivity contribution is -0.138. The largest absolute Gasteiger partial charge is 0.480 e. The first kappa shape index (κ1) is 8.91. The third-order valence-electron chi connectivity index (χ3n) is 1.09. The topological polar surface area (TPSA) is 63.3 Å². The Hall–Kier alpha value is -1.09. The fourth-order valence-electron chi connectivity index (χ4n) is 0.453. The predicted octanol–water partition coefficient (Wildman–Crippen LogP) is 0.531. The van der Waals surface area contributed by atoms with Gasteiger partial charge in [0.25, 0.3) is 0 Å². The highest BCUT2D eigenvalue weighted by Crippen LogP contribution is 2.01. The first-order chi connectivity index (χ1) is 4.57. The number of carbonyl (C=O) groups is 1. The Morgan fingerprint density at radius 3 is 2.60 bits per heavy atom. The van der Waals surface area contributed by atoms with Crippen LogP contribution < -0.4 is 5.73 Å². The summed E-state index contributed by atoms with van der Waals surface area (Å²) in [6.07, 6.45) is 1.77. The highest BCUT2D eigenvalue weighted by Gasteiger charge is 2.10. The van der Waals surface area contributed by atoms with Crippen molar-refractivity contribution in [2.45, 2.75) is 12.5 Å². The molecular formula is C7H11NO2. The second kappa shape index (κ2) is 3.85. The van der Waals surface area contributed by atoms with Crippen LogP contribution >= 0.6 is 0 Å². The molecule has 0 aromatic heterocycles. The summed E-state index contributed by atoms with van der Waals surface area (Å²) in [7, 11) is 0. The van der Waals surface area contributed by atoms with Gasteiger partial charge in [-0.2, -0.15) is 0 Å². The number of hydrogen-bond donors (Lipinski definition) is 2. The Balaban J connectivity index is 3.79. The Bertz CT molecular complexity index is 163. The third kappa shape index (κ3) is 3.04. The molecule has 0 bridgehead atoms. The highest BCUT2D eigenvalue weighted by atomic mass is 16.4. The fourth-order valence-corrected chi connectivity index (χ4v) is 0.453. The van der Waals surface area contributed by atoms with Gasteiger partial charge in [-0.3, -0.25) is 4.79 Å². The molecule has 0 aromatic carbocycles. The minimum Gasteiger partial charge on any atom is -0.480 e. The van der Waals surface area contributed by atoms with Gasteiger partial charge in [0.2, 0.25) is 0 Å². The normalized spacial score (nSPS) is 12.1. The molecule has 0 saturated carbocycles. The molecule has 0 aliphatic carbocycles. The van der Waals surface area contributed by atoms with E-state index in [0.29, 0.717) is 5.57 Å². The molecule has 0 aliphatic heterocycles. The molecule has 0 aliphatic rings. The van der Waals surface area contributed by atoms with E-state index in [0.717, 1.165) is 0 Å². The van der Waals surface area contributed by atoms with Crippen LogP contribution in [0.1, 0.15) is 6.42 Å². The molecule has 1 atom stereocenters. The van der Waals surface area contributed by atoms with Crippen LogP contribution in [0.15, 0.2) is 24.8 Å². The molecule has 3 heteroatoms. The van der Waals surface area contributed by atoms with Gasteiger partial charge in [0.05, 0.1) is 0 Å². The molecule has 0 radical (unpaired) electrons. The number of carboxylic acids is 1. The standard InChI is InChI=1S/C7H11NO2/c1-3-5(2)4-6(8)7(9)10/h3,6H,1-2,4,8H2,(H,9,10)/t6-/m0/s1. The summed E-state index contributed by atoms with van der Waals surface area (Å²) in [5.74, 6) is -1.01. The second-order valence-corrected chi connectivity index (χ2v) is 2.01. The van der Waals surface area contributed by atoms with E-state index in [1.807, 2.05) is 0 Å². The first-order valence-electron chi connectivity index (χ1n) is 2.86. The van der Waals surface area contributed by atoms with Crippen molar-refractivity contribution in [3.8, 4) is 0 Å². The number of aliphatic carboxylic acids is 1. The number of carboxylic acid groups (broad SMARTS) is 1. The average Bonchev–Trinajstić information content (AvgIpc) is 1.87. The van der Waals surface area contributed by atoms with Gasteiger partial charge in [0.1, 0.15) is 6.04 Å². The van der Waals surface area contributed by atoms with Gasteiger partial charge in [0, 0.05) is 0 Å². The zero-order valence-corrected chi connectivity index (χ0v) is 5.71. The van der Waals surface area contributed by atoms with Crippen molar-refractivity contribution in [2.75, 3.05) is 0 Å². The maximum absolute atomic E-state index is 10.2. The van der Waals surface area contributed by atoms with E-state index in [4.69, 9.17) is 10.8 Å². The smallest absolute Gasteiger partial charge is 0.320 e. The Morgan fingerprint density at radius 1 is 1.80 bits per heavy atom. The molecular weight excluding hydrogens is 130 g/mol. The first-order valence-corrected chi connectivity index (χ1v) is 2.86. The predicted molar refractivity (Wildman–Crippen MR) is 39.6 cm³/mol. The van der Waals surface area contributed by atoms with E-state index in [-0.39, 0.29) is 6.42 Å². The van der Waals surface area contributed by atoms with Crippen LogP contribution in [0.2, 0.25) is 0 Å². The van der Waals surface area contributed by atoms with Crippen LogP contribution in [-0.4, -0.2) is 17.1 Å². The van der Waals surface area contributed by atoms with Gasteiger partial charge in [0.15, 0.2) is 0 Å². The van der Waals surface area contributed by atoms with E-state index < -0.39 is 12.0 Å². The van der Waals surface area contributed by atoms with Gasteiger partial charge >= 0.3 is 5.97 Å². The quantitative estimate of drug-likeness (QED) is 0.561. The average molecular weight is 141 g/mol. The minimum absolute atomic E-state index is 0.263. The highest BCUT2D eigenvalue weighted by molar-refractivity contribution is 5.73. The van der Waals surface area contributed by atoms with Crippen LogP contribution in [0.5, 0.6) is 0 Å². The lowest BCUT2D eigenvalue weighted by Crippen LogP contribution is -2.30. The summed E-state index contributed by atoms with van der Waals surface area (Å²) in [5.41, 5.74) is 5.83. The van der Waals surface area contributed by atoms with Crippen LogP contribution in [0.4, 0.5) is 0 Å². The maximum Gasteiger partial charge on any atom is 0.320 e. The van der Waals surface area contributed by atoms with Crippen molar-refractivity contribution >= 4 is 5.97 Å². The summed E-state index contributed by atoms with van der Waals surface area (Å²) in [6.45, 7) is 6.96. The van der Waals surface area contributed by atoms with E-state index in [1.165, 1.54) is 6.08 Å². The summed E-state index contributed by atoms with van der Waals surface area (Å²) in [6, 6.07) is -0.856. The number of rotatable bonds is 4. The molecule has 0 aromatic rings. The van der Waals surface area contributed by atoms with Crippen molar-refractivity contribution in [1.82, 2.24) is 0 Å². The molecule has 0 unspecified atom stereocenters. The summed E-state index contributed by atoms with van der Waals surface area (Å²) in [5, 5.41) is 8.33. The molecule has 0 fully saturated rings. The SMILES string of the molecule is C=CC(=C)C[C@H](N)C(=O)O. The zero-order chi connectivity index (χ0) is 8.15. The van der Waals surface area contributed by atoms with Crippen molar-refractivity contribution in [3.05, 3.63) is 24.8 Å². The zero-order valence-electron chi connectivity index (χ0n) is 5.71. The van der Waals surface area contributed by atoms with Crippen molar-refractivity contribution in [2.24, 2.45) is 5.73 Å². The van der Waals surface area contributed by atoms with Gasteiger partial charge in [-0.25, -0.2) is 0 Å². The molecule has 0 spiro atoms. The second-order valence-electron chi connectivity index (χ2n) is 2.01. The number of allylic oxidation sites excluding steroid dienone is 1. The van der Waals surface area contributed by atoms with Crippen LogP contribution in [0.25, 0.3) is 0 Å². The Labute approximate surface area is 59.8 Å². The number of hydrogen-bond acceptors (Lipinski definition) is 2. The van der Waals surface area contributed by atoms with E-state index >= 15 is 0 Å². The van der Waals surface area contributed by atoms with Crippen LogP contribution in [-0.2, 0) is 4.79 Å². The molecule has 0 rings (SSSR count). The third-order valence-corrected chi connectivity index (χ3v) is 1.09. The fraction of sp³-hybridized carbons (Fsp3) is 0.286. The lowest BCUT2D eigenvalue weighted by atomic mass is 10.1. The van der Waals surface area contributed by atoms with Crippen LogP contribution in [0, 0.1) is 0 Å². The molecule has 0 saturated heterocycles. The molecule has 10 heavy (non-hydrogen) atoms.